The molecule has 0 spiro atoms. The van der Waals surface area contributed by atoms with Crippen molar-refractivity contribution in [3.05, 3.63) is 59.2 Å². The minimum atomic E-state index is -3.74. The van der Waals surface area contributed by atoms with Gasteiger partial charge in [-0.3, -0.25) is 9.59 Å². The molecular weight excluding hydrogens is 428 g/mol. The van der Waals surface area contributed by atoms with Crippen molar-refractivity contribution in [2.75, 3.05) is 18.4 Å². The number of sulfonamides is 1. The molecule has 3 N–H and O–H groups in total. The van der Waals surface area contributed by atoms with Gasteiger partial charge in [0.25, 0.3) is 0 Å². The number of rotatable bonds is 8. The number of amides is 2. The zero-order valence-electron chi connectivity index (χ0n) is 16.7. The van der Waals surface area contributed by atoms with E-state index in [9.17, 15) is 26.8 Å². The lowest BCUT2D eigenvalue weighted by Crippen LogP contribution is -2.35. The van der Waals surface area contributed by atoms with E-state index in [2.05, 4.69) is 15.4 Å². The second-order valence-corrected chi connectivity index (χ2v) is 9.01. The smallest absolute Gasteiger partial charge is 0.243 e. The van der Waals surface area contributed by atoms with Gasteiger partial charge in [0.15, 0.2) is 11.6 Å². The van der Waals surface area contributed by atoms with Crippen molar-refractivity contribution in [1.29, 1.82) is 0 Å². The molecule has 1 aliphatic rings. The Morgan fingerprint density at radius 1 is 0.903 bits per heavy atom. The fourth-order valence-electron chi connectivity index (χ4n) is 3.31. The summed E-state index contributed by atoms with van der Waals surface area (Å²) < 4.78 is 53.3. The number of fused-ring (bicyclic) bond motifs is 1. The van der Waals surface area contributed by atoms with Crippen LogP contribution in [0.3, 0.4) is 0 Å². The molecule has 31 heavy (non-hydrogen) atoms. The zero-order chi connectivity index (χ0) is 22.4. The first-order chi connectivity index (χ1) is 14.7. The van der Waals surface area contributed by atoms with Crippen LogP contribution in [0.4, 0.5) is 14.5 Å². The van der Waals surface area contributed by atoms with E-state index in [1.54, 1.807) is 12.1 Å². The number of hydrogen-bond acceptors (Lipinski definition) is 4. The lowest BCUT2D eigenvalue weighted by molar-refractivity contribution is -0.124. The summed E-state index contributed by atoms with van der Waals surface area (Å²) in [5.74, 6) is -3.31. The normalized spacial score (nSPS) is 13.4. The van der Waals surface area contributed by atoms with Crippen LogP contribution in [0.25, 0.3) is 0 Å². The van der Waals surface area contributed by atoms with E-state index in [-0.39, 0.29) is 23.5 Å². The summed E-state index contributed by atoms with van der Waals surface area (Å²) >= 11 is 0. The molecule has 0 fully saturated rings. The van der Waals surface area contributed by atoms with E-state index in [1.807, 2.05) is 6.07 Å². The molecule has 0 heterocycles. The number of hydrogen-bond donors (Lipinski definition) is 3. The summed E-state index contributed by atoms with van der Waals surface area (Å²) in [6.07, 6.45) is 3.78. The molecule has 2 aromatic carbocycles. The van der Waals surface area contributed by atoms with Crippen molar-refractivity contribution in [2.45, 2.75) is 37.0 Å². The Bertz CT molecular complexity index is 1090. The molecule has 3 rings (SSSR count). The van der Waals surface area contributed by atoms with Crippen LogP contribution in [0.1, 0.15) is 30.4 Å². The third kappa shape index (κ3) is 6.31. The molecule has 0 bridgehead atoms. The van der Waals surface area contributed by atoms with Crippen molar-refractivity contribution < 1.29 is 26.8 Å². The first kappa shape index (κ1) is 22.8. The molecule has 2 aromatic rings. The maximum atomic E-state index is 13.1. The van der Waals surface area contributed by atoms with E-state index in [4.69, 9.17) is 0 Å². The highest BCUT2D eigenvalue weighted by molar-refractivity contribution is 7.89. The summed E-state index contributed by atoms with van der Waals surface area (Å²) in [7, 11) is -3.74. The molecule has 1 aliphatic carbocycles. The molecule has 0 aliphatic heterocycles. The van der Waals surface area contributed by atoms with Crippen molar-refractivity contribution in [2.24, 2.45) is 0 Å². The van der Waals surface area contributed by atoms with Crippen LogP contribution < -0.4 is 15.4 Å². The van der Waals surface area contributed by atoms with E-state index in [0.29, 0.717) is 0 Å². The maximum absolute atomic E-state index is 13.1. The third-order valence-electron chi connectivity index (χ3n) is 4.92. The van der Waals surface area contributed by atoms with Crippen LogP contribution in [0.5, 0.6) is 0 Å². The van der Waals surface area contributed by atoms with Gasteiger partial charge in [-0.2, -0.15) is 0 Å². The summed E-state index contributed by atoms with van der Waals surface area (Å²) in [6.45, 7) is -0.522. The zero-order valence-corrected chi connectivity index (χ0v) is 17.5. The van der Waals surface area contributed by atoms with E-state index in [0.717, 1.165) is 43.4 Å². The van der Waals surface area contributed by atoms with Crippen LogP contribution in [0, 0.1) is 11.6 Å². The number of benzene rings is 2. The van der Waals surface area contributed by atoms with Crippen molar-refractivity contribution in [1.82, 2.24) is 10.0 Å². The van der Waals surface area contributed by atoms with Crippen LogP contribution in [-0.2, 0) is 32.5 Å². The molecule has 0 unspecified atom stereocenters. The van der Waals surface area contributed by atoms with Gasteiger partial charge in [-0.1, -0.05) is 6.07 Å². The standard InChI is InChI=1S/C21H23F2N3O4S/c22-18-8-6-16(12-19(18)23)26-21(28)13-24-20(27)9-10-25-31(29,30)17-7-5-14-3-1-2-4-15(14)11-17/h5-8,11-12,25H,1-4,9-10,13H2,(H,24,27)(H,26,28). The van der Waals surface area contributed by atoms with Crippen molar-refractivity contribution in [3.8, 4) is 0 Å². The third-order valence-corrected chi connectivity index (χ3v) is 6.38. The average molecular weight is 451 g/mol. The molecule has 0 saturated heterocycles. The van der Waals surface area contributed by atoms with Crippen molar-refractivity contribution >= 4 is 27.5 Å². The number of carbonyl (C=O) groups excluding carboxylic acids is 2. The second kappa shape index (κ2) is 9.97. The molecule has 0 saturated carbocycles. The SMILES string of the molecule is O=C(CCNS(=O)(=O)c1ccc2c(c1)CCCC2)NCC(=O)Nc1ccc(F)c(F)c1. The van der Waals surface area contributed by atoms with Crippen LogP contribution in [-0.4, -0.2) is 33.3 Å². The Hall–Kier alpha value is -2.85. The molecule has 7 nitrogen and oxygen atoms in total. The van der Waals surface area contributed by atoms with Crippen LogP contribution in [0.15, 0.2) is 41.3 Å². The monoisotopic (exact) mass is 451 g/mol. The van der Waals surface area contributed by atoms with E-state index >= 15 is 0 Å². The quantitative estimate of drug-likeness (QED) is 0.573. The van der Waals surface area contributed by atoms with Gasteiger partial charge in [0.2, 0.25) is 21.8 Å². The van der Waals surface area contributed by atoms with Gasteiger partial charge in [0.05, 0.1) is 11.4 Å². The highest BCUT2D eigenvalue weighted by Gasteiger charge is 2.18. The molecule has 0 aromatic heterocycles. The molecule has 2 amide bonds. The Morgan fingerprint density at radius 2 is 1.65 bits per heavy atom. The average Bonchev–Trinajstić information content (AvgIpc) is 2.74. The predicted octanol–water partition coefficient (Wildman–Crippen LogP) is 2.27. The molecule has 166 valence electrons. The number of halogens is 2. The van der Waals surface area contributed by atoms with E-state index in [1.165, 1.54) is 11.6 Å². The van der Waals surface area contributed by atoms with Gasteiger partial charge in [0, 0.05) is 24.7 Å². The van der Waals surface area contributed by atoms with E-state index < -0.39 is 40.0 Å². The largest absolute Gasteiger partial charge is 0.347 e. The summed E-state index contributed by atoms with van der Waals surface area (Å²) in [5, 5.41) is 4.66. The maximum Gasteiger partial charge on any atom is 0.243 e. The fourth-order valence-corrected chi connectivity index (χ4v) is 4.39. The van der Waals surface area contributed by atoms with Crippen molar-refractivity contribution in [3.63, 3.8) is 0 Å². The number of carbonyl (C=O) groups is 2. The summed E-state index contributed by atoms with van der Waals surface area (Å²) in [5.41, 5.74) is 2.26. The Kier molecular flexibility index (Phi) is 7.34. The van der Waals surface area contributed by atoms with Gasteiger partial charge in [0.1, 0.15) is 0 Å². The minimum absolute atomic E-state index is 0.0518. The minimum Gasteiger partial charge on any atom is -0.347 e. The summed E-state index contributed by atoms with van der Waals surface area (Å²) in [4.78, 5) is 23.8. The Balaban J connectivity index is 1.43. The van der Waals surface area contributed by atoms with Gasteiger partial charge in [-0.15, -0.1) is 0 Å². The first-order valence-corrected chi connectivity index (χ1v) is 11.4. The highest BCUT2D eigenvalue weighted by atomic mass is 32.2. The Morgan fingerprint density at radius 3 is 2.39 bits per heavy atom. The first-order valence-electron chi connectivity index (χ1n) is 9.88. The summed E-state index contributed by atoms with van der Waals surface area (Å²) in [6, 6.07) is 7.96. The lowest BCUT2D eigenvalue weighted by Gasteiger charge is -2.16. The lowest BCUT2D eigenvalue weighted by atomic mass is 9.92. The van der Waals surface area contributed by atoms with Gasteiger partial charge in [-0.05, 0) is 61.1 Å². The number of nitrogens with one attached hydrogen (secondary N) is 3. The highest BCUT2D eigenvalue weighted by Crippen LogP contribution is 2.24. The number of anilines is 1. The number of aryl methyl sites for hydroxylation is 2. The van der Waals surface area contributed by atoms with Gasteiger partial charge >= 0.3 is 0 Å². The van der Waals surface area contributed by atoms with Gasteiger partial charge < -0.3 is 10.6 Å². The molecular formula is C21H23F2N3O4S. The molecule has 10 heteroatoms. The second-order valence-electron chi connectivity index (χ2n) is 7.24. The van der Waals surface area contributed by atoms with Crippen LogP contribution >= 0.6 is 0 Å². The Labute approximate surface area is 179 Å². The molecule has 0 radical (unpaired) electrons. The fraction of sp³-hybridized carbons (Fsp3) is 0.333. The molecule has 0 atom stereocenters. The topological polar surface area (TPSA) is 104 Å². The van der Waals surface area contributed by atoms with Crippen LogP contribution in [0.2, 0.25) is 0 Å². The predicted molar refractivity (Wildman–Crippen MR) is 111 cm³/mol. The van der Waals surface area contributed by atoms with Gasteiger partial charge in [-0.25, -0.2) is 21.9 Å².